The molecule has 2 aromatic carbocycles. The van der Waals surface area contributed by atoms with E-state index >= 15 is 0 Å². The molecule has 142 valence electrons. The van der Waals surface area contributed by atoms with Crippen LogP contribution in [-0.4, -0.2) is 39.5 Å². The summed E-state index contributed by atoms with van der Waals surface area (Å²) >= 11 is 1.95. The largest absolute Gasteiger partial charge is 0.489 e. The minimum Gasteiger partial charge on any atom is -0.489 e. The van der Waals surface area contributed by atoms with Crippen LogP contribution in [0.4, 0.5) is 20.2 Å². The van der Waals surface area contributed by atoms with Crippen LogP contribution in [-0.2, 0) is 0 Å². The molecule has 0 amide bonds. The number of thioether (sulfide) groups is 1. The van der Waals surface area contributed by atoms with Crippen LogP contribution < -0.4 is 14.5 Å². The molecule has 0 saturated carbocycles. The summed E-state index contributed by atoms with van der Waals surface area (Å²) in [5.41, 5.74) is 1.98. The Morgan fingerprint density at radius 3 is 2.31 bits per heavy atom. The van der Waals surface area contributed by atoms with Crippen molar-refractivity contribution in [1.82, 2.24) is 0 Å². The molecule has 2 aliphatic rings. The van der Waals surface area contributed by atoms with Crippen molar-refractivity contribution in [3.63, 3.8) is 0 Å². The predicted octanol–water partition coefficient (Wildman–Crippen LogP) is 5.05. The van der Waals surface area contributed by atoms with E-state index in [1.54, 1.807) is 0 Å². The minimum atomic E-state index is -0.867. The first-order valence-electron chi connectivity index (χ1n) is 8.82. The molecule has 3 nitrogen and oxygen atoms in total. The fourth-order valence-corrected chi connectivity index (χ4v) is 3.78. The van der Waals surface area contributed by atoms with E-state index in [9.17, 15) is 8.78 Å². The van der Waals surface area contributed by atoms with Gasteiger partial charge < -0.3 is 14.5 Å². The number of likely N-dealkylation sites (N-methyl/N-ethyl adjacent to an activating group) is 1. The van der Waals surface area contributed by atoms with Gasteiger partial charge in [-0.3, -0.25) is 0 Å². The van der Waals surface area contributed by atoms with Crippen molar-refractivity contribution in [2.45, 2.75) is 18.7 Å². The maximum atomic E-state index is 12.8. The zero-order valence-corrected chi connectivity index (χ0v) is 16.6. The Morgan fingerprint density at radius 1 is 0.923 bits per heavy atom. The molecule has 2 aromatic rings. The fourth-order valence-electron chi connectivity index (χ4n) is 2.65. The van der Waals surface area contributed by atoms with Crippen LogP contribution in [0.15, 0.2) is 41.3 Å². The van der Waals surface area contributed by atoms with Crippen LogP contribution >= 0.6 is 11.8 Å². The van der Waals surface area contributed by atoms with Crippen LogP contribution in [0.3, 0.4) is 0 Å². The molecule has 0 unspecified atom stereocenters. The lowest BCUT2D eigenvalue weighted by Gasteiger charge is -2.27. The molecule has 4 rings (SSSR count). The van der Waals surface area contributed by atoms with E-state index in [4.69, 9.17) is 4.74 Å². The lowest BCUT2D eigenvalue weighted by Crippen LogP contribution is -2.29. The topological polar surface area (TPSA) is 15.7 Å². The Balaban J connectivity index is 0.000000173. The summed E-state index contributed by atoms with van der Waals surface area (Å²) in [6.07, 6.45) is 0. The number of fused-ring (bicyclic) bond motifs is 2. The van der Waals surface area contributed by atoms with Gasteiger partial charge in [0.05, 0.1) is 17.9 Å². The number of para-hydroxylation sites is 1. The Morgan fingerprint density at radius 2 is 1.58 bits per heavy atom. The standard InChI is InChI=1S/C9H9F2NO.C9H11NS.C2H6/c1-12-2-3-13-9-5-7(11)6(10)4-8(9)12;1-10-6-7-11-9-5-3-2-4-8(9)10;1-2/h4-5H,2-3H2,1H3;2-5H,6-7H2,1H3;1-2H3. The number of ether oxygens (including phenoxy) is 1. The Hall–Kier alpha value is -1.95. The molecule has 2 aliphatic heterocycles. The monoisotopic (exact) mass is 380 g/mol. The molecule has 0 atom stereocenters. The lowest BCUT2D eigenvalue weighted by molar-refractivity contribution is 0.308. The predicted molar refractivity (Wildman–Crippen MR) is 107 cm³/mol. The lowest BCUT2D eigenvalue weighted by atomic mass is 10.2. The maximum Gasteiger partial charge on any atom is 0.162 e. The number of benzene rings is 2. The molecular weight excluding hydrogens is 354 g/mol. The molecule has 0 spiro atoms. The molecule has 0 aliphatic carbocycles. The van der Waals surface area contributed by atoms with E-state index in [0.717, 1.165) is 12.1 Å². The third kappa shape index (κ3) is 4.81. The summed E-state index contributed by atoms with van der Waals surface area (Å²) < 4.78 is 30.8. The van der Waals surface area contributed by atoms with E-state index in [1.807, 2.05) is 37.6 Å². The molecule has 26 heavy (non-hydrogen) atoms. The fraction of sp³-hybridized carbons (Fsp3) is 0.400. The average molecular weight is 381 g/mol. The summed E-state index contributed by atoms with van der Waals surface area (Å²) in [7, 11) is 3.97. The van der Waals surface area contributed by atoms with E-state index < -0.39 is 11.6 Å². The molecule has 0 aromatic heterocycles. The normalized spacial score (nSPS) is 14.7. The molecule has 0 N–H and O–H groups in total. The van der Waals surface area contributed by atoms with E-state index in [0.29, 0.717) is 24.6 Å². The van der Waals surface area contributed by atoms with Crippen molar-refractivity contribution in [3.05, 3.63) is 48.0 Å². The van der Waals surface area contributed by atoms with Gasteiger partial charge in [0.1, 0.15) is 12.4 Å². The highest BCUT2D eigenvalue weighted by molar-refractivity contribution is 7.99. The van der Waals surface area contributed by atoms with Crippen LogP contribution in [0.2, 0.25) is 0 Å². The molecular formula is C20H26F2N2OS. The van der Waals surface area contributed by atoms with Gasteiger partial charge >= 0.3 is 0 Å². The van der Waals surface area contributed by atoms with Crippen molar-refractivity contribution >= 4 is 23.1 Å². The van der Waals surface area contributed by atoms with Gasteiger partial charge in [-0.05, 0) is 12.1 Å². The minimum absolute atomic E-state index is 0.410. The molecule has 0 saturated heterocycles. The highest BCUT2D eigenvalue weighted by Gasteiger charge is 2.18. The van der Waals surface area contributed by atoms with E-state index in [1.165, 1.54) is 22.9 Å². The van der Waals surface area contributed by atoms with Gasteiger partial charge in [0.2, 0.25) is 0 Å². The molecule has 0 bridgehead atoms. The molecule has 6 heteroatoms. The van der Waals surface area contributed by atoms with Gasteiger partial charge in [-0.2, -0.15) is 0 Å². The van der Waals surface area contributed by atoms with Gasteiger partial charge in [0, 0.05) is 43.4 Å². The summed E-state index contributed by atoms with van der Waals surface area (Å²) in [5.74, 6) is -0.0779. The van der Waals surface area contributed by atoms with Gasteiger partial charge in [0.15, 0.2) is 11.6 Å². The van der Waals surface area contributed by atoms with Gasteiger partial charge in [-0.1, -0.05) is 26.0 Å². The van der Waals surface area contributed by atoms with Crippen LogP contribution in [0.25, 0.3) is 0 Å². The summed E-state index contributed by atoms with van der Waals surface area (Å²) in [5, 5.41) is 0. The average Bonchev–Trinajstić information content (AvgIpc) is 2.66. The first-order chi connectivity index (χ1) is 12.6. The Bertz CT molecular complexity index is 727. The Kier molecular flexibility index (Phi) is 7.57. The number of hydrogen-bond acceptors (Lipinski definition) is 4. The quantitative estimate of drug-likeness (QED) is 0.635. The summed E-state index contributed by atoms with van der Waals surface area (Å²) in [6.45, 7) is 6.37. The second-order valence-electron chi connectivity index (χ2n) is 5.74. The Labute approximate surface area is 158 Å². The van der Waals surface area contributed by atoms with Crippen molar-refractivity contribution in [2.75, 3.05) is 49.3 Å². The van der Waals surface area contributed by atoms with Crippen molar-refractivity contribution in [3.8, 4) is 5.75 Å². The van der Waals surface area contributed by atoms with Gasteiger partial charge in [-0.15, -0.1) is 11.8 Å². The number of halogens is 2. The van der Waals surface area contributed by atoms with Crippen molar-refractivity contribution in [2.24, 2.45) is 0 Å². The second-order valence-corrected chi connectivity index (χ2v) is 6.88. The van der Waals surface area contributed by atoms with Gasteiger partial charge in [0.25, 0.3) is 0 Å². The van der Waals surface area contributed by atoms with Crippen molar-refractivity contribution < 1.29 is 13.5 Å². The SMILES string of the molecule is CC.CN1CCOc2cc(F)c(F)cc21.CN1CCSc2ccccc21. The van der Waals surface area contributed by atoms with E-state index in [2.05, 4.69) is 36.2 Å². The van der Waals surface area contributed by atoms with Crippen LogP contribution in [0.5, 0.6) is 5.75 Å². The third-order valence-electron chi connectivity index (χ3n) is 4.06. The number of anilines is 2. The van der Waals surface area contributed by atoms with Crippen LogP contribution in [0.1, 0.15) is 13.8 Å². The summed E-state index contributed by atoms with van der Waals surface area (Å²) in [6, 6.07) is 10.8. The number of nitrogens with zero attached hydrogens (tertiary/aromatic N) is 2. The maximum absolute atomic E-state index is 12.8. The smallest absolute Gasteiger partial charge is 0.162 e. The second kappa shape index (κ2) is 9.67. The highest BCUT2D eigenvalue weighted by atomic mass is 32.2. The highest BCUT2D eigenvalue weighted by Crippen LogP contribution is 2.33. The summed E-state index contributed by atoms with van der Waals surface area (Å²) in [4.78, 5) is 5.56. The molecule has 2 heterocycles. The number of hydrogen-bond donors (Lipinski definition) is 0. The van der Waals surface area contributed by atoms with E-state index in [-0.39, 0.29) is 0 Å². The van der Waals surface area contributed by atoms with Gasteiger partial charge in [-0.25, -0.2) is 8.78 Å². The third-order valence-corrected chi connectivity index (χ3v) is 5.10. The zero-order chi connectivity index (χ0) is 19.1. The number of rotatable bonds is 0. The first-order valence-corrected chi connectivity index (χ1v) is 9.81. The first kappa shape index (κ1) is 20.4. The van der Waals surface area contributed by atoms with Crippen LogP contribution in [0, 0.1) is 11.6 Å². The molecule has 0 fully saturated rings. The van der Waals surface area contributed by atoms with Crippen molar-refractivity contribution in [1.29, 1.82) is 0 Å². The molecule has 0 radical (unpaired) electrons. The zero-order valence-electron chi connectivity index (χ0n) is 15.8.